The topological polar surface area (TPSA) is 89.4 Å². The fourth-order valence-corrected chi connectivity index (χ4v) is 3.36. The summed E-state index contributed by atoms with van der Waals surface area (Å²) in [6.07, 6.45) is -1.03. The van der Waals surface area contributed by atoms with Crippen molar-refractivity contribution in [3.8, 4) is 0 Å². The molecule has 0 fully saturated rings. The van der Waals surface area contributed by atoms with Crippen molar-refractivity contribution < 1.29 is 23.5 Å². The molecule has 0 spiro atoms. The van der Waals surface area contributed by atoms with E-state index in [0.717, 1.165) is 5.39 Å². The first-order valence-corrected chi connectivity index (χ1v) is 8.65. The van der Waals surface area contributed by atoms with Crippen molar-refractivity contribution in [1.29, 1.82) is 0 Å². The molecule has 27 heavy (non-hydrogen) atoms. The number of Topliss-reactive ketones (excluding diaryl/α,β-unsaturated/α-hetero) is 2. The maximum atomic E-state index is 12.7. The summed E-state index contributed by atoms with van der Waals surface area (Å²) in [5, 5.41) is 0.824. The van der Waals surface area contributed by atoms with Gasteiger partial charge in [0.2, 0.25) is 11.5 Å². The fraction of sp³-hybridized carbons (Fsp3) is 0.286. The molecule has 2 aromatic heterocycles. The van der Waals surface area contributed by atoms with Crippen LogP contribution in [0.5, 0.6) is 0 Å². The van der Waals surface area contributed by atoms with Crippen LogP contribution in [0.15, 0.2) is 28.7 Å². The molecular formula is C21H21NO5. The molecule has 2 heterocycles. The van der Waals surface area contributed by atoms with Gasteiger partial charge >= 0.3 is 5.97 Å². The second kappa shape index (κ2) is 6.87. The highest BCUT2D eigenvalue weighted by Crippen LogP contribution is 2.26. The normalized spacial score (nSPS) is 12.2. The van der Waals surface area contributed by atoms with Crippen LogP contribution in [0.4, 0.5) is 0 Å². The molecule has 0 unspecified atom stereocenters. The van der Waals surface area contributed by atoms with Crippen LogP contribution in [0, 0.1) is 20.8 Å². The van der Waals surface area contributed by atoms with Gasteiger partial charge in [-0.15, -0.1) is 0 Å². The van der Waals surface area contributed by atoms with Crippen molar-refractivity contribution in [3.05, 3.63) is 58.1 Å². The van der Waals surface area contributed by atoms with Gasteiger partial charge in [0.1, 0.15) is 5.58 Å². The Hall–Kier alpha value is -3.15. The van der Waals surface area contributed by atoms with Crippen molar-refractivity contribution in [2.45, 2.75) is 40.7 Å². The SMILES string of the molecule is CC(=O)c1c(C)[nH]c(C(=O)[C@H](C)OC(=O)c2oc3ccccc3c2C)c1C. The average molecular weight is 367 g/mol. The number of furan rings is 1. The Morgan fingerprint density at radius 2 is 1.74 bits per heavy atom. The van der Waals surface area contributed by atoms with Crippen molar-refractivity contribution in [2.24, 2.45) is 0 Å². The van der Waals surface area contributed by atoms with Crippen LogP contribution in [-0.4, -0.2) is 28.6 Å². The minimum Gasteiger partial charge on any atom is -0.449 e. The van der Waals surface area contributed by atoms with E-state index in [9.17, 15) is 14.4 Å². The third-order valence-corrected chi connectivity index (χ3v) is 4.72. The highest BCUT2D eigenvalue weighted by atomic mass is 16.6. The van der Waals surface area contributed by atoms with Gasteiger partial charge in [-0.2, -0.15) is 0 Å². The summed E-state index contributed by atoms with van der Waals surface area (Å²) in [5.41, 5.74) is 3.20. The average Bonchev–Trinajstić information content (AvgIpc) is 3.11. The summed E-state index contributed by atoms with van der Waals surface area (Å²) in [4.78, 5) is 39.9. The zero-order valence-corrected chi connectivity index (χ0v) is 15.9. The first-order valence-electron chi connectivity index (χ1n) is 8.65. The molecule has 0 bridgehead atoms. The van der Waals surface area contributed by atoms with E-state index >= 15 is 0 Å². The summed E-state index contributed by atoms with van der Waals surface area (Å²) in [6, 6.07) is 7.29. The van der Waals surface area contributed by atoms with Gasteiger partial charge in [-0.3, -0.25) is 9.59 Å². The van der Waals surface area contributed by atoms with Crippen molar-refractivity contribution in [1.82, 2.24) is 4.98 Å². The van der Waals surface area contributed by atoms with Crippen molar-refractivity contribution in [3.63, 3.8) is 0 Å². The Morgan fingerprint density at radius 1 is 1.07 bits per heavy atom. The Labute approximate surface area is 156 Å². The van der Waals surface area contributed by atoms with Crippen LogP contribution in [0.2, 0.25) is 0 Å². The van der Waals surface area contributed by atoms with Crippen LogP contribution in [0.1, 0.15) is 62.1 Å². The summed E-state index contributed by atoms with van der Waals surface area (Å²) in [5.74, 6) is -1.13. The first kappa shape index (κ1) is 18.6. The lowest BCUT2D eigenvalue weighted by Crippen LogP contribution is -2.25. The lowest BCUT2D eigenvalue weighted by Gasteiger charge is -2.11. The highest BCUT2D eigenvalue weighted by molar-refractivity contribution is 6.06. The molecule has 1 atom stereocenters. The number of rotatable bonds is 5. The Bertz CT molecular complexity index is 1070. The highest BCUT2D eigenvalue weighted by Gasteiger charge is 2.28. The second-order valence-corrected chi connectivity index (χ2v) is 6.65. The molecular weight excluding hydrogens is 346 g/mol. The number of ketones is 2. The fourth-order valence-electron chi connectivity index (χ4n) is 3.36. The summed E-state index contributed by atoms with van der Waals surface area (Å²) >= 11 is 0. The number of H-pyrrole nitrogens is 1. The van der Waals surface area contributed by atoms with Gasteiger partial charge in [-0.05, 0) is 46.2 Å². The number of benzene rings is 1. The Balaban J connectivity index is 1.84. The van der Waals surface area contributed by atoms with E-state index in [1.165, 1.54) is 13.8 Å². The Kier molecular flexibility index (Phi) is 4.74. The number of aromatic nitrogens is 1. The van der Waals surface area contributed by atoms with Gasteiger partial charge in [-0.1, -0.05) is 18.2 Å². The zero-order valence-electron chi connectivity index (χ0n) is 15.9. The number of carbonyl (C=O) groups is 3. The number of aryl methyl sites for hydroxylation is 2. The Morgan fingerprint density at radius 3 is 2.33 bits per heavy atom. The van der Waals surface area contributed by atoms with Crippen molar-refractivity contribution in [2.75, 3.05) is 0 Å². The largest absolute Gasteiger partial charge is 0.449 e. The number of esters is 1. The molecule has 3 aromatic rings. The van der Waals surface area contributed by atoms with Gasteiger partial charge in [0.05, 0.1) is 5.69 Å². The molecule has 140 valence electrons. The van der Waals surface area contributed by atoms with Gasteiger partial charge in [0.25, 0.3) is 0 Å². The van der Waals surface area contributed by atoms with Crippen LogP contribution in [0.3, 0.4) is 0 Å². The molecule has 0 aliphatic heterocycles. The van der Waals surface area contributed by atoms with E-state index < -0.39 is 17.9 Å². The van der Waals surface area contributed by atoms with E-state index in [1.54, 1.807) is 26.8 Å². The molecule has 0 saturated carbocycles. The number of hydrogen-bond acceptors (Lipinski definition) is 5. The number of ether oxygens (including phenoxy) is 1. The predicted octanol–water partition coefficient (Wildman–Crippen LogP) is 4.32. The minimum atomic E-state index is -1.03. The molecule has 1 aromatic carbocycles. The molecule has 0 aliphatic rings. The molecule has 0 saturated heterocycles. The van der Waals surface area contributed by atoms with Gasteiger partial charge in [-0.25, -0.2) is 4.79 Å². The predicted molar refractivity (Wildman–Crippen MR) is 100 cm³/mol. The summed E-state index contributed by atoms with van der Waals surface area (Å²) in [7, 11) is 0. The summed E-state index contributed by atoms with van der Waals surface area (Å²) < 4.78 is 10.9. The smallest absolute Gasteiger partial charge is 0.375 e. The van der Waals surface area contributed by atoms with Crippen LogP contribution in [0.25, 0.3) is 11.0 Å². The molecule has 0 amide bonds. The van der Waals surface area contributed by atoms with E-state index in [2.05, 4.69) is 4.98 Å². The second-order valence-electron chi connectivity index (χ2n) is 6.65. The number of para-hydroxylation sites is 1. The third-order valence-electron chi connectivity index (χ3n) is 4.72. The molecule has 0 radical (unpaired) electrons. The number of hydrogen-bond donors (Lipinski definition) is 1. The van der Waals surface area contributed by atoms with Gasteiger partial charge in [0, 0.05) is 22.2 Å². The van der Waals surface area contributed by atoms with Crippen LogP contribution < -0.4 is 0 Å². The monoisotopic (exact) mass is 367 g/mol. The molecule has 3 rings (SSSR count). The maximum absolute atomic E-state index is 12.7. The van der Waals surface area contributed by atoms with Crippen molar-refractivity contribution >= 4 is 28.5 Å². The molecule has 6 heteroatoms. The third kappa shape index (κ3) is 3.18. The lowest BCUT2D eigenvalue weighted by atomic mass is 10.0. The molecule has 6 nitrogen and oxygen atoms in total. The quantitative estimate of drug-likeness (QED) is 0.536. The lowest BCUT2D eigenvalue weighted by molar-refractivity contribution is 0.0288. The number of fused-ring (bicyclic) bond motifs is 1. The van der Waals surface area contributed by atoms with E-state index in [1.807, 2.05) is 18.2 Å². The molecule has 1 N–H and O–H groups in total. The minimum absolute atomic E-state index is 0.0830. The maximum Gasteiger partial charge on any atom is 0.375 e. The number of nitrogens with one attached hydrogen (secondary N) is 1. The van der Waals surface area contributed by atoms with E-state index in [-0.39, 0.29) is 17.2 Å². The van der Waals surface area contributed by atoms with Crippen LogP contribution >= 0.6 is 0 Å². The zero-order chi connectivity index (χ0) is 19.9. The molecule has 0 aliphatic carbocycles. The van der Waals surface area contributed by atoms with Crippen LogP contribution in [-0.2, 0) is 4.74 Å². The van der Waals surface area contributed by atoms with E-state index in [0.29, 0.717) is 28.0 Å². The summed E-state index contributed by atoms with van der Waals surface area (Å²) in [6.45, 7) is 8.15. The first-order chi connectivity index (χ1) is 12.7. The van der Waals surface area contributed by atoms with Gasteiger partial charge in [0.15, 0.2) is 11.9 Å². The number of carbonyl (C=O) groups excluding carboxylic acids is 3. The van der Waals surface area contributed by atoms with E-state index in [4.69, 9.17) is 9.15 Å². The number of aromatic amines is 1. The standard InChI is InChI=1S/C21H21NO5/c1-10-15-8-6-7-9-16(15)27-20(10)21(25)26-14(5)19(24)18-11(2)17(13(4)23)12(3)22-18/h6-9,14,22H,1-5H3/t14-/m0/s1. The van der Waals surface area contributed by atoms with Gasteiger partial charge < -0.3 is 14.1 Å².